The lowest BCUT2D eigenvalue weighted by Crippen LogP contribution is -2.31. The molecular weight excluding hydrogens is 308 g/mol. The zero-order valence-corrected chi connectivity index (χ0v) is 13.5. The van der Waals surface area contributed by atoms with Crippen molar-refractivity contribution in [3.05, 3.63) is 16.1 Å². The molecule has 0 radical (unpaired) electrons. The fraction of sp³-hybridized carbons (Fsp3) is 0.462. The van der Waals surface area contributed by atoms with Crippen LogP contribution in [-0.2, 0) is 17.8 Å². The standard InChI is InChI=1S/C13H14N4O2S2/c1-13(2)4-6-7(5-18-13)19-10-8(6)9-15-16-11(20)17(9)12(14-10)21-3/h4-5H2,1-3H3,(H,16,20). The van der Waals surface area contributed by atoms with Gasteiger partial charge in [0.2, 0.25) is 10.5 Å². The van der Waals surface area contributed by atoms with Crippen molar-refractivity contribution in [2.24, 2.45) is 0 Å². The molecule has 3 aromatic heterocycles. The van der Waals surface area contributed by atoms with Crippen molar-refractivity contribution < 1.29 is 9.15 Å². The second kappa shape index (κ2) is 4.31. The first kappa shape index (κ1) is 13.3. The lowest BCUT2D eigenvalue weighted by molar-refractivity contribution is -0.0476. The topological polar surface area (TPSA) is 68.4 Å². The first-order chi connectivity index (χ1) is 10.00. The predicted molar refractivity (Wildman–Crippen MR) is 82.3 cm³/mol. The SMILES string of the molecule is CSc1nc2oc3c(c2c2n[nH]c(=S)n12)CC(C)(C)OC3. The van der Waals surface area contributed by atoms with E-state index in [-0.39, 0.29) is 5.60 Å². The van der Waals surface area contributed by atoms with Crippen molar-refractivity contribution in [1.82, 2.24) is 19.6 Å². The van der Waals surface area contributed by atoms with Crippen molar-refractivity contribution in [3.8, 4) is 0 Å². The summed E-state index contributed by atoms with van der Waals surface area (Å²) in [6, 6.07) is 0. The minimum atomic E-state index is -0.216. The summed E-state index contributed by atoms with van der Waals surface area (Å²) >= 11 is 6.83. The highest BCUT2D eigenvalue weighted by molar-refractivity contribution is 7.98. The second-order valence-electron chi connectivity index (χ2n) is 5.70. The van der Waals surface area contributed by atoms with E-state index in [1.54, 1.807) is 0 Å². The molecule has 0 fully saturated rings. The number of ether oxygens (including phenoxy) is 1. The third kappa shape index (κ3) is 1.86. The van der Waals surface area contributed by atoms with Crippen LogP contribution in [0.4, 0.5) is 0 Å². The van der Waals surface area contributed by atoms with Crippen LogP contribution in [0.3, 0.4) is 0 Å². The van der Waals surface area contributed by atoms with Gasteiger partial charge in [0.05, 0.1) is 11.0 Å². The van der Waals surface area contributed by atoms with Gasteiger partial charge < -0.3 is 9.15 Å². The molecule has 4 heterocycles. The first-order valence-electron chi connectivity index (χ1n) is 6.59. The number of furan rings is 1. The molecule has 0 atom stereocenters. The van der Waals surface area contributed by atoms with Crippen molar-refractivity contribution in [3.63, 3.8) is 0 Å². The van der Waals surface area contributed by atoms with E-state index in [1.165, 1.54) is 11.8 Å². The van der Waals surface area contributed by atoms with E-state index >= 15 is 0 Å². The average molecular weight is 322 g/mol. The number of aromatic amines is 1. The molecule has 3 aromatic rings. The van der Waals surface area contributed by atoms with Gasteiger partial charge in [0.1, 0.15) is 12.4 Å². The van der Waals surface area contributed by atoms with Crippen molar-refractivity contribution in [2.45, 2.75) is 37.6 Å². The van der Waals surface area contributed by atoms with Gasteiger partial charge in [0, 0.05) is 12.0 Å². The number of H-pyrrole nitrogens is 1. The molecule has 0 amide bonds. The molecule has 6 nitrogen and oxygen atoms in total. The van der Waals surface area contributed by atoms with Gasteiger partial charge >= 0.3 is 0 Å². The van der Waals surface area contributed by atoms with E-state index in [4.69, 9.17) is 21.4 Å². The third-order valence-electron chi connectivity index (χ3n) is 3.74. The van der Waals surface area contributed by atoms with E-state index in [1.807, 2.05) is 10.7 Å². The van der Waals surface area contributed by atoms with Gasteiger partial charge in [-0.15, -0.1) is 0 Å². The maximum absolute atomic E-state index is 5.89. The van der Waals surface area contributed by atoms with Gasteiger partial charge in [0.25, 0.3) is 0 Å². The number of nitrogens with zero attached hydrogens (tertiary/aromatic N) is 3. The third-order valence-corrected chi connectivity index (χ3v) is 4.65. The summed E-state index contributed by atoms with van der Waals surface area (Å²) in [6.45, 7) is 4.61. The highest BCUT2D eigenvalue weighted by Gasteiger charge is 2.32. The molecule has 21 heavy (non-hydrogen) atoms. The highest BCUT2D eigenvalue weighted by Crippen LogP contribution is 2.37. The second-order valence-corrected chi connectivity index (χ2v) is 6.86. The van der Waals surface area contributed by atoms with Crippen molar-refractivity contribution in [2.75, 3.05) is 6.26 Å². The summed E-state index contributed by atoms with van der Waals surface area (Å²) in [5, 5.41) is 8.93. The zero-order chi connectivity index (χ0) is 14.8. The van der Waals surface area contributed by atoms with Crippen molar-refractivity contribution in [1.29, 1.82) is 0 Å². The highest BCUT2D eigenvalue weighted by atomic mass is 32.2. The molecular formula is C13H14N4O2S2. The van der Waals surface area contributed by atoms with Gasteiger partial charge in [0.15, 0.2) is 10.8 Å². The monoisotopic (exact) mass is 322 g/mol. The lowest BCUT2D eigenvalue weighted by Gasteiger charge is -2.29. The lowest BCUT2D eigenvalue weighted by atomic mass is 9.94. The Bertz CT molecular complexity index is 922. The van der Waals surface area contributed by atoms with Crippen LogP contribution in [0.25, 0.3) is 16.7 Å². The molecule has 0 saturated heterocycles. The Labute approximate surface area is 129 Å². The van der Waals surface area contributed by atoms with E-state index in [9.17, 15) is 0 Å². The van der Waals surface area contributed by atoms with E-state index in [0.717, 1.165) is 33.9 Å². The van der Waals surface area contributed by atoms with Crippen LogP contribution >= 0.6 is 24.0 Å². The van der Waals surface area contributed by atoms with Gasteiger partial charge in [-0.2, -0.15) is 10.1 Å². The van der Waals surface area contributed by atoms with E-state index in [2.05, 4.69) is 29.0 Å². The summed E-state index contributed by atoms with van der Waals surface area (Å²) < 4.78 is 14.1. The van der Waals surface area contributed by atoms with Crippen LogP contribution in [0.5, 0.6) is 0 Å². The number of hydrogen-bond acceptors (Lipinski definition) is 6. The minimum Gasteiger partial charge on any atom is -0.440 e. The number of fused-ring (bicyclic) bond motifs is 5. The molecule has 1 aliphatic rings. The first-order valence-corrected chi connectivity index (χ1v) is 8.23. The van der Waals surface area contributed by atoms with Gasteiger partial charge in [-0.1, -0.05) is 11.8 Å². The number of aromatic nitrogens is 4. The van der Waals surface area contributed by atoms with Crippen LogP contribution in [0.1, 0.15) is 25.2 Å². The Morgan fingerprint density at radius 2 is 2.24 bits per heavy atom. The molecule has 8 heteroatoms. The molecule has 1 N–H and O–H groups in total. The Morgan fingerprint density at radius 3 is 3.00 bits per heavy atom. The van der Waals surface area contributed by atoms with Crippen molar-refractivity contribution >= 4 is 40.7 Å². The largest absolute Gasteiger partial charge is 0.440 e. The van der Waals surface area contributed by atoms with Crippen LogP contribution < -0.4 is 0 Å². The zero-order valence-electron chi connectivity index (χ0n) is 11.9. The van der Waals surface area contributed by atoms with Gasteiger partial charge in [-0.3, -0.25) is 5.10 Å². The summed E-state index contributed by atoms with van der Waals surface area (Å²) in [6.07, 6.45) is 2.72. The smallest absolute Gasteiger partial charge is 0.232 e. The number of hydrogen-bond donors (Lipinski definition) is 1. The minimum absolute atomic E-state index is 0.216. The summed E-state index contributed by atoms with van der Waals surface area (Å²) in [5.41, 5.74) is 2.29. The molecule has 0 unspecified atom stereocenters. The average Bonchev–Trinajstić information content (AvgIpc) is 2.97. The Kier molecular flexibility index (Phi) is 2.73. The fourth-order valence-electron chi connectivity index (χ4n) is 2.76. The van der Waals surface area contributed by atoms with Crippen LogP contribution in [0, 0.1) is 4.77 Å². The molecule has 0 bridgehead atoms. The summed E-state index contributed by atoms with van der Waals surface area (Å²) in [5.74, 6) is 0.839. The maximum atomic E-state index is 5.89. The molecule has 0 aromatic carbocycles. The van der Waals surface area contributed by atoms with E-state index in [0.29, 0.717) is 17.1 Å². The quantitative estimate of drug-likeness (QED) is 0.422. The molecule has 0 spiro atoms. The number of thioether (sulfide) groups is 1. The summed E-state index contributed by atoms with van der Waals surface area (Å²) in [7, 11) is 0. The van der Waals surface area contributed by atoms with Gasteiger partial charge in [-0.25, -0.2) is 4.40 Å². The molecule has 4 rings (SSSR count). The fourth-order valence-corrected chi connectivity index (χ4v) is 3.58. The normalized spacial score (nSPS) is 17.5. The van der Waals surface area contributed by atoms with Crippen LogP contribution in [0.15, 0.2) is 9.57 Å². The Morgan fingerprint density at radius 1 is 1.43 bits per heavy atom. The van der Waals surface area contributed by atoms with Crippen LogP contribution in [-0.4, -0.2) is 31.4 Å². The van der Waals surface area contributed by atoms with Gasteiger partial charge in [-0.05, 0) is 32.3 Å². The summed E-state index contributed by atoms with van der Waals surface area (Å²) in [4.78, 5) is 4.58. The molecule has 0 saturated carbocycles. The number of nitrogens with one attached hydrogen (secondary N) is 1. The Hall–Kier alpha value is -1.38. The number of rotatable bonds is 1. The Balaban J connectivity index is 2.14. The predicted octanol–water partition coefficient (Wildman–Crippen LogP) is 3.11. The maximum Gasteiger partial charge on any atom is 0.232 e. The van der Waals surface area contributed by atoms with E-state index < -0.39 is 0 Å². The van der Waals surface area contributed by atoms with Crippen LogP contribution in [0.2, 0.25) is 0 Å². The molecule has 110 valence electrons. The molecule has 0 aliphatic carbocycles. The molecule has 1 aliphatic heterocycles.